The van der Waals surface area contributed by atoms with Crippen LogP contribution >= 0.6 is 11.6 Å². The Morgan fingerprint density at radius 1 is 1.67 bits per heavy atom. The molecule has 1 atom stereocenters. The minimum Gasteiger partial charge on any atom is -0.324 e. The Hall–Kier alpha value is -1.13. The first-order chi connectivity index (χ1) is 8.57. The second kappa shape index (κ2) is 5.24. The minimum atomic E-state index is -0.284. The van der Waals surface area contributed by atoms with Crippen molar-refractivity contribution in [1.29, 1.82) is 0 Å². The van der Waals surface area contributed by atoms with Crippen molar-refractivity contribution < 1.29 is 4.79 Å². The Kier molecular flexibility index (Phi) is 3.88. The van der Waals surface area contributed by atoms with Crippen LogP contribution in [0, 0.1) is 12.3 Å². The van der Waals surface area contributed by atoms with Gasteiger partial charge in [-0.2, -0.15) is 0 Å². The Labute approximate surface area is 112 Å². The van der Waals surface area contributed by atoms with Gasteiger partial charge in [-0.1, -0.05) is 18.5 Å². The summed E-state index contributed by atoms with van der Waals surface area (Å²) in [6.07, 6.45) is 3.32. The van der Waals surface area contributed by atoms with Crippen LogP contribution in [-0.4, -0.2) is 24.0 Å². The van der Waals surface area contributed by atoms with Crippen LogP contribution in [0.2, 0.25) is 5.15 Å². The third-order valence-corrected chi connectivity index (χ3v) is 4.07. The molecule has 1 unspecified atom stereocenters. The van der Waals surface area contributed by atoms with E-state index in [-0.39, 0.29) is 11.3 Å². The molecule has 0 aromatic carbocycles. The van der Waals surface area contributed by atoms with E-state index in [1.165, 1.54) is 0 Å². The summed E-state index contributed by atoms with van der Waals surface area (Å²) in [6.45, 7) is 5.57. The van der Waals surface area contributed by atoms with E-state index < -0.39 is 0 Å². The third kappa shape index (κ3) is 2.49. The number of hydrogen-bond acceptors (Lipinski definition) is 3. The molecule has 5 heteroatoms. The molecule has 1 amide bonds. The average Bonchev–Trinajstić information content (AvgIpc) is 2.84. The zero-order valence-electron chi connectivity index (χ0n) is 10.7. The summed E-state index contributed by atoms with van der Waals surface area (Å²) < 4.78 is 0. The maximum Gasteiger partial charge on any atom is 0.231 e. The fraction of sp³-hybridized carbons (Fsp3) is 0.538. The minimum absolute atomic E-state index is 0.0681. The maximum absolute atomic E-state index is 12.4. The highest BCUT2D eigenvalue weighted by atomic mass is 35.5. The lowest BCUT2D eigenvalue weighted by Gasteiger charge is -2.25. The van der Waals surface area contributed by atoms with Gasteiger partial charge in [-0.05, 0) is 37.9 Å². The molecule has 1 saturated heterocycles. The molecule has 2 N–H and O–H groups in total. The second-order valence-corrected chi connectivity index (χ2v) is 5.20. The van der Waals surface area contributed by atoms with E-state index in [0.29, 0.717) is 10.8 Å². The van der Waals surface area contributed by atoms with E-state index in [2.05, 4.69) is 22.5 Å². The van der Waals surface area contributed by atoms with Crippen molar-refractivity contribution in [3.63, 3.8) is 0 Å². The van der Waals surface area contributed by atoms with Gasteiger partial charge in [0.15, 0.2) is 0 Å². The molecule has 0 aliphatic carbocycles. The number of pyridine rings is 1. The van der Waals surface area contributed by atoms with Crippen LogP contribution in [0.15, 0.2) is 12.3 Å². The summed E-state index contributed by atoms with van der Waals surface area (Å²) in [5.41, 5.74) is 1.29. The van der Waals surface area contributed by atoms with Gasteiger partial charge in [-0.15, -0.1) is 0 Å². The molecule has 4 nitrogen and oxygen atoms in total. The first-order valence-corrected chi connectivity index (χ1v) is 6.59. The summed E-state index contributed by atoms with van der Waals surface area (Å²) in [5, 5.41) is 6.67. The van der Waals surface area contributed by atoms with Crippen molar-refractivity contribution in [2.24, 2.45) is 5.41 Å². The number of hydrogen-bond donors (Lipinski definition) is 2. The van der Waals surface area contributed by atoms with Crippen LogP contribution < -0.4 is 10.6 Å². The predicted molar refractivity (Wildman–Crippen MR) is 72.8 cm³/mol. The van der Waals surface area contributed by atoms with E-state index in [1.54, 1.807) is 6.20 Å². The van der Waals surface area contributed by atoms with Crippen molar-refractivity contribution in [2.75, 3.05) is 18.4 Å². The van der Waals surface area contributed by atoms with Crippen LogP contribution in [0.5, 0.6) is 0 Å². The number of aryl methyl sites for hydroxylation is 1. The number of rotatable bonds is 3. The smallest absolute Gasteiger partial charge is 0.231 e. The molecule has 98 valence electrons. The Bertz CT molecular complexity index is 456. The lowest BCUT2D eigenvalue weighted by Crippen LogP contribution is -2.37. The normalized spacial score (nSPS) is 23.1. The van der Waals surface area contributed by atoms with Gasteiger partial charge in [0.2, 0.25) is 5.91 Å². The van der Waals surface area contributed by atoms with Crippen molar-refractivity contribution in [1.82, 2.24) is 10.3 Å². The first kappa shape index (κ1) is 13.3. The van der Waals surface area contributed by atoms with Crippen LogP contribution in [-0.2, 0) is 4.79 Å². The van der Waals surface area contributed by atoms with Gasteiger partial charge >= 0.3 is 0 Å². The number of anilines is 1. The van der Waals surface area contributed by atoms with Crippen molar-refractivity contribution in [2.45, 2.75) is 26.7 Å². The fourth-order valence-corrected chi connectivity index (χ4v) is 2.39. The third-order valence-electron chi connectivity index (χ3n) is 3.67. The highest BCUT2D eigenvalue weighted by Gasteiger charge is 2.39. The van der Waals surface area contributed by atoms with E-state index in [9.17, 15) is 4.79 Å². The van der Waals surface area contributed by atoms with Crippen molar-refractivity contribution in [3.8, 4) is 0 Å². The predicted octanol–water partition coefficient (Wildman–Crippen LogP) is 2.37. The largest absolute Gasteiger partial charge is 0.324 e. The molecule has 1 aromatic rings. The van der Waals surface area contributed by atoms with Gasteiger partial charge in [0, 0.05) is 6.54 Å². The second-order valence-electron chi connectivity index (χ2n) is 4.85. The van der Waals surface area contributed by atoms with Gasteiger partial charge in [0.1, 0.15) is 5.15 Å². The zero-order valence-corrected chi connectivity index (χ0v) is 11.5. The summed E-state index contributed by atoms with van der Waals surface area (Å²) in [7, 11) is 0. The van der Waals surface area contributed by atoms with Gasteiger partial charge < -0.3 is 10.6 Å². The van der Waals surface area contributed by atoms with E-state index in [1.807, 2.05) is 13.0 Å². The van der Waals surface area contributed by atoms with Gasteiger partial charge in [0.25, 0.3) is 0 Å². The van der Waals surface area contributed by atoms with Crippen molar-refractivity contribution in [3.05, 3.63) is 23.0 Å². The summed E-state index contributed by atoms with van der Waals surface area (Å²) in [5.74, 6) is 0.0681. The molecule has 0 saturated carbocycles. The molecular formula is C13H18ClN3O. The van der Waals surface area contributed by atoms with Crippen LogP contribution in [0.4, 0.5) is 5.69 Å². The zero-order chi connectivity index (χ0) is 13.2. The number of aromatic nitrogens is 1. The molecule has 18 heavy (non-hydrogen) atoms. The Balaban J connectivity index is 2.13. The van der Waals surface area contributed by atoms with Gasteiger partial charge in [-0.3, -0.25) is 4.79 Å². The molecule has 1 aliphatic rings. The number of halogens is 1. The van der Waals surface area contributed by atoms with E-state index in [4.69, 9.17) is 11.6 Å². The van der Waals surface area contributed by atoms with E-state index in [0.717, 1.165) is 31.5 Å². The number of nitrogens with zero attached hydrogens (tertiary/aromatic N) is 1. The molecule has 1 aromatic heterocycles. The highest BCUT2D eigenvalue weighted by molar-refractivity contribution is 6.30. The maximum atomic E-state index is 12.4. The average molecular weight is 268 g/mol. The van der Waals surface area contributed by atoms with E-state index >= 15 is 0 Å². The SMILES string of the molecule is CCC1(C(=O)Nc2cnc(Cl)c(C)c2)CCNC1. The molecule has 1 fully saturated rings. The number of carbonyl (C=O) groups is 1. The number of nitrogens with one attached hydrogen (secondary N) is 2. The number of amides is 1. The highest BCUT2D eigenvalue weighted by Crippen LogP contribution is 2.31. The monoisotopic (exact) mass is 267 g/mol. The Morgan fingerprint density at radius 3 is 3.00 bits per heavy atom. The summed E-state index contributed by atoms with van der Waals surface area (Å²) >= 11 is 5.87. The molecular weight excluding hydrogens is 250 g/mol. The first-order valence-electron chi connectivity index (χ1n) is 6.22. The molecule has 1 aliphatic heterocycles. The quantitative estimate of drug-likeness (QED) is 0.827. The standard InChI is InChI=1S/C13H18ClN3O/c1-3-13(4-5-15-8-13)12(18)17-10-6-9(2)11(14)16-7-10/h6-7,15H,3-5,8H2,1-2H3,(H,17,18). The van der Waals surface area contributed by atoms with Crippen molar-refractivity contribution >= 4 is 23.2 Å². The summed E-state index contributed by atoms with van der Waals surface area (Å²) in [4.78, 5) is 16.4. The van der Waals surface area contributed by atoms with Gasteiger partial charge in [0.05, 0.1) is 17.3 Å². The molecule has 2 heterocycles. The van der Waals surface area contributed by atoms with Crippen LogP contribution in [0.1, 0.15) is 25.3 Å². The van der Waals surface area contributed by atoms with Crippen LogP contribution in [0.25, 0.3) is 0 Å². The lowest BCUT2D eigenvalue weighted by atomic mass is 9.83. The summed E-state index contributed by atoms with van der Waals surface area (Å²) in [6, 6.07) is 1.85. The fourth-order valence-electron chi connectivity index (χ4n) is 2.29. The molecule has 0 bridgehead atoms. The molecule has 0 spiro atoms. The van der Waals surface area contributed by atoms with Gasteiger partial charge in [-0.25, -0.2) is 4.98 Å². The lowest BCUT2D eigenvalue weighted by molar-refractivity contribution is -0.124. The number of carbonyl (C=O) groups excluding carboxylic acids is 1. The van der Waals surface area contributed by atoms with Crippen LogP contribution in [0.3, 0.4) is 0 Å². The topological polar surface area (TPSA) is 54.0 Å². The molecule has 0 radical (unpaired) electrons. The molecule has 2 rings (SSSR count). The Morgan fingerprint density at radius 2 is 2.44 bits per heavy atom.